The van der Waals surface area contributed by atoms with E-state index in [0.717, 1.165) is 92.3 Å². The molecule has 0 N–H and O–H groups in total. The number of aromatic nitrogens is 2. The van der Waals surface area contributed by atoms with Crippen molar-refractivity contribution in [3.8, 4) is 18.4 Å². The molecule has 5 heterocycles. The number of carbonyl (C=O) groups excluding carboxylic acids is 1. The van der Waals surface area contributed by atoms with Gasteiger partial charge in [-0.1, -0.05) is 25.0 Å². The van der Waals surface area contributed by atoms with Crippen LogP contribution in [0.3, 0.4) is 0 Å². The van der Waals surface area contributed by atoms with Crippen molar-refractivity contribution in [2.75, 3.05) is 64.1 Å². The van der Waals surface area contributed by atoms with E-state index < -0.39 is 0 Å². The van der Waals surface area contributed by atoms with Gasteiger partial charge in [0.2, 0.25) is 0 Å². The SMILES string of the molecule is C#Cc1cccc2c1[C@H](c1c(C)cc3c(N4CC5CCC(C5)C4)nc(OCC45CCCN4C(COC(=O)N4CCOCC4)CC5)nc3c1C)C[C@H](C)C2. The fraction of sp³-hybridized carbons (Fsp3) is 0.614. The smallest absolute Gasteiger partial charge is 0.409 e. The molecule has 53 heavy (non-hydrogen) atoms. The third-order valence-electron chi connectivity index (χ3n) is 13.8. The molecule has 6 aliphatic rings. The van der Waals surface area contributed by atoms with Crippen LogP contribution in [0.4, 0.5) is 10.6 Å². The van der Waals surface area contributed by atoms with Gasteiger partial charge in [0.1, 0.15) is 19.0 Å². The summed E-state index contributed by atoms with van der Waals surface area (Å²) in [6, 6.07) is 9.54. The highest BCUT2D eigenvalue weighted by atomic mass is 16.6. The predicted octanol–water partition coefficient (Wildman–Crippen LogP) is 7.02. The lowest BCUT2D eigenvalue weighted by Crippen LogP contribution is -2.48. The molecule has 2 bridgehead atoms. The molecule has 1 aromatic heterocycles. The van der Waals surface area contributed by atoms with Gasteiger partial charge in [-0.15, -0.1) is 6.42 Å². The van der Waals surface area contributed by atoms with E-state index in [1.165, 1.54) is 47.1 Å². The van der Waals surface area contributed by atoms with Crippen LogP contribution in [0, 0.1) is 43.9 Å². The average molecular weight is 718 g/mol. The maximum atomic E-state index is 12.8. The highest BCUT2D eigenvalue weighted by Crippen LogP contribution is 2.47. The minimum atomic E-state index is -0.226. The molecule has 1 saturated carbocycles. The first-order valence-corrected chi connectivity index (χ1v) is 20.3. The number of anilines is 1. The van der Waals surface area contributed by atoms with E-state index in [-0.39, 0.29) is 23.6 Å². The third kappa shape index (κ3) is 6.34. The van der Waals surface area contributed by atoms with Crippen LogP contribution < -0.4 is 9.64 Å². The molecule has 2 aromatic carbocycles. The maximum Gasteiger partial charge on any atom is 0.409 e. The summed E-state index contributed by atoms with van der Waals surface area (Å²) in [5.74, 6) is 6.29. The van der Waals surface area contributed by atoms with Crippen LogP contribution >= 0.6 is 0 Å². The molecule has 0 radical (unpaired) electrons. The second-order valence-corrected chi connectivity index (χ2v) is 17.2. The minimum Gasteiger partial charge on any atom is -0.461 e. The van der Waals surface area contributed by atoms with Gasteiger partial charge in [0.15, 0.2) is 0 Å². The van der Waals surface area contributed by atoms with Crippen molar-refractivity contribution in [1.82, 2.24) is 19.8 Å². The van der Waals surface area contributed by atoms with Gasteiger partial charge in [0.05, 0.1) is 24.3 Å². The molecule has 4 unspecified atom stereocenters. The van der Waals surface area contributed by atoms with Gasteiger partial charge < -0.3 is 24.0 Å². The Labute approximate surface area is 314 Å². The predicted molar refractivity (Wildman–Crippen MR) is 207 cm³/mol. The zero-order chi connectivity index (χ0) is 36.3. The van der Waals surface area contributed by atoms with Crippen LogP contribution in [-0.2, 0) is 15.9 Å². The summed E-state index contributed by atoms with van der Waals surface area (Å²) < 4.78 is 18.1. The topological polar surface area (TPSA) is 80.3 Å². The van der Waals surface area contributed by atoms with E-state index in [9.17, 15) is 4.79 Å². The molecule has 3 aromatic rings. The highest BCUT2D eigenvalue weighted by Gasteiger charge is 2.50. The number of terminal acetylenes is 1. The Morgan fingerprint density at radius 3 is 2.64 bits per heavy atom. The van der Waals surface area contributed by atoms with Gasteiger partial charge in [0.25, 0.3) is 0 Å². The van der Waals surface area contributed by atoms with Crippen molar-refractivity contribution in [3.63, 3.8) is 0 Å². The quantitative estimate of drug-likeness (QED) is 0.242. The lowest BCUT2D eigenvalue weighted by atomic mass is 9.71. The second-order valence-electron chi connectivity index (χ2n) is 17.2. The molecular weight excluding hydrogens is 663 g/mol. The Morgan fingerprint density at radius 1 is 1.04 bits per heavy atom. The number of hydrogen-bond acceptors (Lipinski definition) is 8. The Bertz CT molecular complexity index is 1920. The number of aryl methyl sites for hydroxylation is 2. The van der Waals surface area contributed by atoms with Crippen LogP contribution in [-0.4, -0.2) is 96.6 Å². The Hall–Kier alpha value is -3.87. The van der Waals surface area contributed by atoms with E-state index in [1.807, 2.05) is 0 Å². The number of amides is 1. The second kappa shape index (κ2) is 14.1. The van der Waals surface area contributed by atoms with Gasteiger partial charge in [-0.3, -0.25) is 4.90 Å². The molecule has 9 heteroatoms. The summed E-state index contributed by atoms with van der Waals surface area (Å²) in [5, 5.41) is 1.13. The zero-order valence-electron chi connectivity index (χ0n) is 31.9. The van der Waals surface area contributed by atoms with Crippen molar-refractivity contribution in [2.24, 2.45) is 17.8 Å². The Morgan fingerprint density at radius 2 is 1.85 bits per heavy atom. The molecule has 4 aliphatic heterocycles. The summed E-state index contributed by atoms with van der Waals surface area (Å²) in [7, 11) is 0. The van der Waals surface area contributed by atoms with Crippen LogP contribution in [0.2, 0.25) is 0 Å². The normalized spacial score (nSPS) is 29.6. The number of piperidine rings is 1. The largest absolute Gasteiger partial charge is 0.461 e. The molecule has 0 spiro atoms. The average Bonchev–Trinajstić information content (AvgIpc) is 3.85. The lowest BCUT2D eigenvalue weighted by molar-refractivity contribution is 0.0138. The first-order chi connectivity index (χ1) is 25.8. The fourth-order valence-electron chi connectivity index (χ4n) is 11.4. The first-order valence-electron chi connectivity index (χ1n) is 20.3. The van der Waals surface area contributed by atoms with Gasteiger partial charge >= 0.3 is 12.1 Å². The van der Waals surface area contributed by atoms with Gasteiger partial charge in [-0.25, -0.2) is 4.79 Å². The van der Waals surface area contributed by atoms with Crippen molar-refractivity contribution in [1.29, 1.82) is 0 Å². The number of rotatable bonds is 7. The Kier molecular flexibility index (Phi) is 9.27. The fourth-order valence-corrected chi connectivity index (χ4v) is 11.4. The molecule has 4 saturated heterocycles. The summed E-state index contributed by atoms with van der Waals surface area (Å²) in [4.78, 5) is 30.3. The molecule has 6 atom stereocenters. The molecular formula is C44H55N5O4. The molecule has 280 valence electrons. The summed E-state index contributed by atoms with van der Waals surface area (Å²) in [6.45, 7) is 13.3. The van der Waals surface area contributed by atoms with Crippen LogP contribution in [0.25, 0.3) is 10.9 Å². The van der Waals surface area contributed by atoms with E-state index >= 15 is 0 Å². The van der Waals surface area contributed by atoms with Gasteiger partial charge in [0, 0.05) is 49.1 Å². The van der Waals surface area contributed by atoms with E-state index in [0.29, 0.717) is 51.4 Å². The first kappa shape index (κ1) is 34.9. The van der Waals surface area contributed by atoms with Crippen LogP contribution in [0.15, 0.2) is 24.3 Å². The van der Waals surface area contributed by atoms with E-state index in [4.69, 9.17) is 30.6 Å². The summed E-state index contributed by atoms with van der Waals surface area (Å²) in [6.07, 6.45) is 16.2. The van der Waals surface area contributed by atoms with Gasteiger partial charge in [-0.05, 0) is 136 Å². The highest BCUT2D eigenvalue weighted by molar-refractivity contribution is 5.94. The van der Waals surface area contributed by atoms with Crippen molar-refractivity contribution in [3.05, 3.63) is 57.6 Å². The monoisotopic (exact) mass is 717 g/mol. The molecule has 2 aliphatic carbocycles. The summed E-state index contributed by atoms with van der Waals surface area (Å²) in [5.41, 5.74) is 8.48. The number of hydrogen-bond donors (Lipinski definition) is 0. The number of ether oxygens (including phenoxy) is 3. The Balaban J connectivity index is 1.04. The van der Waals surface area contributed by atoms with Crippen molar-refractivity contribution in [2.45, 2.75) is 96.1 Å². The maximum absolute atomic E-state index is 12.8. The van der Waals surface area contributed by atoms with Crippen molar-refractivity contribution < 1.29 is 19.0 Å². The number of nitrogens with zero attached hydrogens (tertiary/aromatic N) is 5. The standard InChI is InChI=1S/C44H55N5O4/c1-5-33-8-6-9-34-20-28(2)21-36(39(33)34)38-29(3)22-37-40(30(38)4)45-42(46-41(37)48-24-31-10-11-32(23-31)25-48)53-27-44-13-7-15-49(44)35(12-14-44)26-52-43(50)47-16-18-51-19-17-47/h1,6,8-9,22,28,31-32,35-36H,7,10-21,23-27H2,2-4H3/t28-,31?,32?,35?,36+,44?/m1/s1. The van der Waals surface area contributed by atoms with Crippen LogP contribution in [0.5, 0.6) is 6.01 Å². The zero-order valence-corrected chi connectivity index (χ0v) is 31.9. The summed E-state index contributed by atoms with van der Waals surface area (Å²) >= 11 is 0. The molecule has 1 amide bonds. The van der Waals surface area contributed by atoms with Crippen molar-refractivity contribution >= 4 is 22.8 Å². The van der Waals surface area contributed by atoms with Gasteiger partial charge in [-0.2, -0.15) is 9.97 Å². The molecule has 9 nitrogen and oxygen atoms in total. The third-order valence-corrected chi connectivity index (χ3v) is 13.8. The number of morpholine rings is 1. The van der Waals surface area contributed by atoms with E-state index in [1.54, 1.807) is 4.90 Å². The van der Waals surface area contributed by atoms with E-state index in [2.05, 4.69) is 60.8 Å². The molecule has 9 rings (SSSR count). The molecule has 5 fully saturated rings. The number of carbonyl (C=O) groups is 1. The van der Waals surface area contributed by atoms with Crippen LogP contribution in [0.1, 0.15) is 97.6 Å². The number of fused-ring (bicyclic) bond motifs is 5. The number of benzene rings is 2. The minimum absolute atomic E-state index is 0.0974. The lowest BCUT2D eigenvalue weighted by Gasteiger charge is -2.36.